The lowest BCUT2D eigenvalue weighted by atomic mass is 10.0. The number of halogens is 2. The molecule has 1 fully saturated rings. The molecule has 1 aromatic rings. The Labute approximate surface area is 132 Å². The number of amides is 1. The third-order valence-corrected chi connectivity index (χ3v) is 3.80. The summed E-state index contributed by atoms with van der Waals surface area (Å²) in [6.45, 7) is 0.169. The highest BCUT2D eigenvalue weighted by atomic mass is 19.3. The Morgan fingerprint density at radius 3 is 2.30 bits per heavy atom. The number of rotatable bonds is 7. The standard InChI is InChI=1S/C16H19F2NO4/c1-8-5-11(6-9(2)13(8)23-16(17)18)14(20)19-12(15(21)22)7-10-3-4-10/h5-6,10,12,16H,3-4,7H2,1-2H3,(H,19,20)(H,21,22). The fourth-order valence-electron chi connectivity index (χ4n) is 2.51. The van der Waals surface area contributed by atoms with Crippen molar-refractivity contribution in [3.05, 3.63) is 28.8 Å². The topological polar surface area (TPSA) is 75.6 Å². The molecule has 7 heteroatoms. The van der Waals surface area contributed by atoms with Gasteiger partial charge in [0.2, 0.25) is 0 Å². The zero-order valence-electron chi connectivity index (χ0n) is 12.9. The quantitative estimate of drug-likeness (QED) is 0.807. The first-order valence-electron chi connectivity index (χ1n) is 7.37. The first-order chi connectivity index (χ1) is 10.8. The van der Waals surface area contributed by atoms with Crippen LogP contribution in [0.3, 0.4) is 0 Å². The van der Waals surface area contributed by atoms with Crippen LogP contribution in [0, 0.1) is 19.8 Å². The largest absolute Gasteiger partial charge is 0.480 e. The average Bonchev–Trinajstić information content (AvgIpc) is 3.25. The summed E-state index contributed by atoms with van der Waals surface area (Å²) >= 11 is 0. The summed E-state index contributed by atoms with van der Waals surface area (Å²) in [5.74, 6) is -1.23. The fraction of sp³-hybridized carbons (Fsp3) is 0.500. The smallest absolute Gasteiger partial charge is 0.387 e. The van der Waals surface area contributed by atoms with Gasteiger partial charge < -0.3 is 15.2 Å². The molecule has 0 radical (unpaired) electrons. The van der Waals surface area contributed by atoms with Gasteiger partial charge in [-0.1, -0.05) is 12.8 Å². The first kappa shape index (κ1) is 17.2. The van der Waals surface area contributed by atoms with Crippen LogP contribution < -0.4 is 10.1 Å². The van der Waals surface area contributed by atoms with E-state index in [-0.39, 0.29) is 11.3 Å². The van der Waals surface area contributed by atoms with Gasteiger partial charge in [0.25, 0.3) is 5.91 Å². The zero-order valence-corrected chi connectivity index (χ0v) is 12.9. The van der Waals surface area contributed by atoms with Gasteiger partial charge in [-0.2, -0.15) is 8.78 Å². The second-order valence-corrected chi connectivity index (χ2v) is 5.86. The predicted octanol–water partition coefficient (Wildman–Crippen LogP) is 2.89. The van der Waals surface area contributed by atoms with Gasteiger partial charge >= 0.3 is 12.6 Å². The number of carboxylic acids is 1. The third-order valence-electron chi connectivity index (χ3n) is 3.80. The summed E-state index contributed by atoms with van der Waals surface area (Å²) in [7, 11) is 0. The Bertz CT molecular complexity index is 591. The maximum Gasteiger partial charge on any atom is 0.387 e. The maximum atomic E-state index is 12.4. The number of benzene rings is 1. The Balaban J connectivity index is 2.13. The van der Waals surface area contributed by atoms with E-state index in [1.54, 1.807) is 13.8 Å². The van der Waals surface area contributed by atoms with E-state index in [0.717, 1.165) is 12.8 Å². The number of aliphatic carboxylic acids is 1. The predicted molar refractivity (Wildman–Crippen MR) is 78.8 cm³/mol. The third kappa shape index (κ3) is 4.64. The number of carboxylic acid groups (broad SMARTS) is 1. The number of carbonyl (C=O) groups is 2. The van der Waals surface area contributed by atoms with Gasteiger partial charge in [-0.25, -0.2) is 4.79 Å². The SMILES string of the molecule is Cc1cc(C(=O)NC(CC2CC2)C(=O)O)cc(C)c1OC(F)F. The molecule has 0 bridgehead atoms. The van der Waals surface area contributed by atoms with Gasteiger partial charge in [0.1, 0.15) is 11.8 Å². The van der Waals surface area contributed by atoms with Crippen LogP contribution in [0.4, 0.5) is 8.78 Å². The molecule has 1 aromatic carbocycles. The van der Waals surface area contributed by atoms with Crippen LogP contribution >= 0.6 is 0 Å². The number of ether oxygens (including phenoxy) is 1. The fourth-order valence-corrected chi connectivity index (χ4v) is 2.51. The van der Waals surface area contributed by atoms with Crippen molar-refractivity contribution in [2.45, 2.75) is 45.8 Å². The molecule has 126 valence electrons. The number of hydrogen-bond donors (Lipinski definition) is 2. The second-order valence-electron chi connectivity index (χ2n) is 5.86. The number of aryl methyl sites for hydroxylation is 2. The second kappa shape index (κ2) is 6.93. The van der Waals surface area contributed by atoms with Crippen molar-refractivity contribution in [1.29, 1.82) is 0 Å². The molecule has 1 aliphatic rings. The van der Waals surface area contributed by atoms with Crippen LogP contribution in [-0.4, -0.2) is 29.6 Å². The van der Waals surface area contributed by atoms with Crippen molar-refractivity contribution in [2.75, 3.05) is 0 Å². The maximum absolute atomic E-state index is 12.4. The Morgan fingerprint density at radius 1 is 1.30 bits per heavy atom. The molecule has 0 aromatic heterocycles. The van der Waals surface area contributed by atoms with Crippen LogP contribution in [0.1, 0.15) is 40.7 Å². The molecule has 5 nitrogen and oxygen atoms in total. The van der Waals surface area contributed by atoms with Crippen molar-refractivity contribution >= 4 is 11.9 Å². The summed E-state index contributed by atoms with van der Waals surface area (Å²) in [5, 5.41) is 11.7. The van der Waals surface area contributed by atoms with Gasteiger partial charge in [-0.05, 0) is 49.4 Å². The molecular formula is C16H19F2NO4. The van der Waals surface area contributed by atoms with E-state index in [0.29, 0.717) is 23.5 Å². The van der Waals surface area contributed by atoms with Crippen molar-refractivity contribution in [3.8, 4) is 5.75 Å². The Morgan fingerprint density at radius 2 is 1.87 bits per heavy atom. The van der Waals surface area contributed by atoms with Crippen LogP contribution in [-0.2, 0) is 4.79 Å². The van der Waals surface area contributed by atoms with Gasteiger partial charge in [0, 0.05) is 5.56 Å². The molecular weight excluding hydrogens is 308 g/mol. The molecule has 0 saturated heterocycles. The van der Waals surface area contributed by atoms with Crippen LogP contribution in [0.5, 0.6) is 5.75 Å². The lowest BCUT2D eigenvalue weighted by Gasteiger charge is -2.16. The van der Waals surface area contributed by atoms with E-state index in [1.807, 2.05) is 0 Å². The van der Waals surface area contributed by atoms with Crippen LogP contribution in [0.25, 0.3) is 0 Å². The molecule has 1 unspecified atom stereocenters. The highest BCUT2D eigenvalue weighted by molar-refractivity contribution is 5.97. The van der Waals surface area contributed by atoms with Gasteiger partial charge in [-0.3, -0.25) is 4.79 Å². The lowest BCUT2D eigenvalue weighted by molar-refractivity contribution is -0.139. The minimum absolute atomic E-state index is 0.0318. The highest BCUT2D eigenvalue weighted by Gasteiger charge is 2.30. The van der Waals surface area contributed by atoms with Crippen molar-refractivity contribution in [1.82, 2.24) is 5.32 Å². The molecule has 1 saturated carbocycles. The monoisotopic (exact) mass is 327 g/mol. The lowest BCUT2D eigenvalue weighted by Crippen LogP contribution is -2.41. The average molecular weight is 327 g/mol. The van der Waals surface area contributed by atoms with Crippen LogP contribution in [0.2, 0.25) is 0 Å². The molecule has 1 aliphatic carbocycles. The minimum Gasteiger partial charge on any atom is -0.480 e. The molecule has 1 atom stereocenters. The van der Waals surface area contributed by atoms with Gasteiger partial charge in [0.15, 0.2) is 0 Å². The number of hydrogen-bond acceptors (Lipinski definition) is 3. The molecule has 2 rings (SSSR count). The summed E-state index contributed by atoms with van der Waals surface area (Å²) in [6, 6.07) is 1.89. The Kier molecular flexibility index (Phi) is 5.18. The van der Waals surface area contributed by atoms with Crippen molar-refractivity contribution in [3.63, 3.8) is 0 Å². The normalized spacial score (nSPS) is 15.3. The number of nitrogens with one attached hydrogen (secondary N) is 1. The summed E-state index contributed by atoms with van der Waals surface area (Å²) in [6.07, 6.45) is 2.38. The van der Waals surface area contributed by atoms with E-state index in [4.69, 9.17) is 0 Å². The number of carbonyl (C=O) groups excluding carboxylic acids is 1. The van der Waals surface area contributed by atoms with E-state index < -0.39 is 24.5 Å². The van der Waals surface area contributed by atoms with E-state index >= 15 is 0 Å². The summed E-state index contributed by atoms with van der Waals surface area (Å²) < 4.78 is 29.2. The summed E-state index contributed by atoms with van der Waals surface area (Å²) in [5.41, 5.74) is 1.01. The van der Waals surface area contributed by atoms with Gasteiger partial charge in [-0.15, -0.1) is 0 Å². The summed E-state index contributed by atoms with van der Waals surface area (Å²) in [4.78, 5) is 23.5. The van der Waals surface area contributed by atoms with E-state index in [9.17, 15) is 23.5 Å². The minimum atomic E-state index is -2.94. The Hall–Kier alpha value is -2.18. The van der Waals surface area contributed by atoms with E-state index in [1.165, 1.54) is 12.1 Å². The molecule has 1 amide bonds. The number of alkyl halides is 2. The zero-order chi connectivity index (χ0) is 17.1. The highest BCUT2D eigenvalue weighted by Crippen LogP contribution is 2.33. The molecule has 0 spiro atoms. The van der Waals surface area contributed by atoms with Crippen molar-refractivity contribution < 1.29 is 28.2 Å². The molecule has 0 aliphatic heterocycles. The molecule has 2 N–H and O–H groups in total. The van der Waals surface area contributed by atoms with Crippen molar-refractivity contribution in [2.24, 2.45) is 5.92 Å². The molecule has 23 heavy (non-hydrogen) atoms. The van der Waals surface area contributed by atoms with E-state index in [2.05, 4.69) is 10.1 Å². The van der Waals surface area contributed by atoms with Crippen LogP contribution in [0.15, 0.2) is 12.1 Å². The first-order valence-corrected chi connectivity index (χ1v) is 7.37. The van der Waals surface area contributed by atoms with Gasteiger partial charge in [0.05, 0.1) is 0 Å². The molecule has 0 heterocycles.